The Kier molecular flexibility index (Phi) is 3.38. The lowest BCUT2D eigenvalue weighted by molar-refractivity contribution is -0.141. The highest BCUT2D eigenvalue weighted by Gasteiger charge is 2.41. The maximum Gasteiger partial charge on any atom is 0.433 e. The number of carbonyl (C=O) groups excluding carboxylic acids is 1. The van der Waals surface area contributed by atoms with Crippen molar-refractivity contribution in [2.24, 2.45) is 0 Å². The molecule has 0 unspecified atom stereocenters. The second-order valence-corrected chi connectivity index (χ2v) is 4.35. The number of nitrogens with two attached hydrogens (primary N) is 1. The van der Waals surface area contributed by atoms with Crippen molar-refractivity contribution in [3.63, 3.8) is 0 Å². The fourth-order valence-corrected chi connectivity index (χ4v) is 1.85. The highest BCUT2D eigenvalue weighted by molar-refractivity contribution is 5.94. The van der Waals surface area contributed by atoms with Crippen LogP contribution in [0.5, 0.6) is 0 Å². The Balaban J connectivity index is 2.49. The lowest BCUT2D eigenvalue weighted by Gasteiger charge is -2.14. The zero-order valence-corrected chi connectivity index (χ0v) is 10.3. The van der Waals surface area contributed by atoms with Crippen LogP contribution < -0.4 is 5.73 Å². The summed E-state index contributed by atoms with van der Waals surface area (Å²) in [4.78, 5) is 15.0. The maximum absolute atomic E-state index is 12.9. The summed E-state index contributed by atoms with van der Waals surface area (Å²) in [6.45, 7) is 1.73. The number of esters is 1. The van der Waals surface area contributed by atoms with Crippen molar-refractivity contribution in [3.05, 3.63) is 22.9 Å². The van der Waals surface area contributed by atoms with Crippen LogP contribution in [0.15, 0.2) is 6.07 Å². The maximum atomic E-state index is 12.9. The van der Waals surface area contributed by atoms with Crippen LogP contribution in [-0.4, -0.2) is 17.6 Å². The molecular weight excluding hydrogens is 261 g/mol. The summed E-state index contributed by atoms with van der Waals surface area (Å²) >= 11 is 0. The number of nitrogen functional groups attached to an aromatic ring is 1. The minimum absolute atomic E-state index is 0.0322. The van der Waals surface area contributed by atoms with E-state index in [1.54, 1.807) is 6.92 Å². The van der Waals surface area contributed by atoms with Gasteiger partial charge < -0.3 is 10.5 Å². The molecule has 1 aliphatic carbocycles. The van der Waals surface area contributed by atoms with Gasteiger partial charge in [0.15, 0.2) is 0 Å². The molecule has 1 saturated carbocycles. The lowest BCUT2D eigenvalue weighted by atomic mass is 10.0. The van der Waals surface area contributed by atoms with Crippen molar-refractivity contribution in [1.82, 2.24) is 4.98 Å². The second kappa shape index (κ2) is 4.71. The van der Waals surface area contributed by atoms with Crippen molar-refractivity contribution < 1.29 is 22.7 Å². The molecule has 0 amide bonds. The first-order valence-corrected chi connectivity index (χ1v) is 5.89. The second-order valence-electron chi connectivity index (χ2n) is 4.35. The first kappa shape index (κ1) is 13.6. The number of ether oxygens (including phenoxy) is 1. The molecule has 19 heavy (non-hydrogen) atoms. The Hall–Kier alpha value is -1.79. The minimum Gasteiger partial charge on any atom is -0.462 e. The van der Waals surface area contributed by atoms with Crippen molar-refractivity contribution in [1.29, 1.82) is 0 Å². The van der Waals surface area contributed by atoms with Gasteiger partial charge in [-0.05, 0) is 37.3 Å². The van der Waals surface area contributed by atoms with E-state index in [-0.39, 0.29) is 23.7 Å². The van der Waals surface area contributed by atoms with Crippen molar-refractivity contribution >= 4 is 11.8 Å². The van der Waals surface area contributed by atoms with Crippen LogP contribution in [0.25, 0.3) is 0 Å². The minimum atomic E-state index is -4.57. The van der Waals surface area contributed by atoms with Gasteiger partial charge in [-0.25, -0.2) is 9.78 Å². The standard InChI is InChI=1S/C12H13F3N2O2/c1-2-19-11(18)8-5-7(6-3-4-6)9(12(13,14)15)17-10(8)16/h5-6H,2-4H2,1H3,(H2,16,17). The number of pyridine rings is 1. The van der Waals surface area contributed by atoms with E-state index in [4.69, 9.17) is 10.5 Å². The van der Waals surface area contributed by atoms with Crippen LogP contribution in [-0.2, 0) is 10.9 Å². The number of hydrogen-bond acceptors (Lipinski definition) is 4. The number of alkyl halides is 3. The summed E-state index contributed by atoms with van der Waals surface area (Å²) in [7, 11) is 0. The van der Waals surface area contributed by atoms with E-state index in [0.717, 1.165) is 0 Å². The van der Waals surface area contributed by atoms with Crippen LogP contribution in [0.3, 0.4) is 0 Å². The van der Waals surface area contributed by atoms with Crippen LogP contribution in [0.2, 0.25) is 0 Å². The third kappa shape index (κ3) is 2.80. The van der Waals surface area contributed by atoms with Gasteiger partial charge in [0, 0.05) is 0 Å². The molecule has 2 rings (SSSR count). The van der Waals surface area contributed by atoms with Gasteiger partial charge in [0.05, 0.1) is 6.61 Å². The number of carbonyl (C=O) groups is 1. The van der Waals surface area contributed by atoms with E-state index in [1.807, 2.05) is 0 Å². The smallest absolute Gasteiger partial charge is 0.433 e. The summed E-state index contributed by atoms with van der Waals surface area (Å²) in [6.07, 6.45) is -3.24. The molecule has 7 heteroatoms. The predicted molar refractivity (Wildman–Crippen MR) is 61.6 cm³/mol. The lowest BCUT2D eigenvalue weighted by Crippen LogP contribution is -2.17. The molecule has 0 bridgehead atoms. The van der Waals surface area contributed by atoms with Crippen LogP contribution >= 0.6 is 0 Å². The fourth-order valence-electron chi connectivity index (χ4n) is 1.85. The Morgan fingerprint density at radius 1 is 1.53 bits per heavy atom. The monoisotopic (exact) mass is 274 g/mol. The highest BCUT2D eigenvalue weighted by atomic mass is 19.4. The van der Waals surface area contributed by atoms with Crippen molar-refractivity contribution in [2.45, 2.75) is 31.9 Å². The average Bonchev–Trinajstić information content (AvgIpc) is 3.11. The van der Waals surface area contributed by atoms with Gasteiger partial charge in [0.1, 0.15) is 17.1 Å². The summed E-state index contributed by atoms with van der Waals surface area (Å²) in [5.74, 6) is -1.39. The van der Waals surface area contributed by atoms with Gasteiger partial charge in [-0.3, -0.25) is 0 Å². The Morgan fingerprint density at radius 2 is 2.16 bits per heavy atom. The molecule has 1 fully saturated rings. The van der Waals surface area contributed by atoms with E-state index >= 15 is 0 Å². The number of halogens is 3. The van der Waals surface area contributed by atoms with Gasteiger partial charge in [-0.15, -0.1) is 0 Å². The normalized spacial score (nSPS) is 15.4. The molecule has 1 aliphatic rings. The zero-order valence-electron chi connectivity index (χ0n) is 10.3. The fraction of sp³-hybridized carbons (Fsp3) is 0.500. The van der Waals surface area contributed by atoms with Gasteiger partial charge in [-0.1, -0.05) is 0 Å². The number of aromatic nitrogens is 1. The van der Waals surface area contributed by atoms with E-state index in [1.165, 1.54) is 6.07 Å². The van der Waals surface area contributed by atoms with Gasteiger partial charge in [-0.2, -0.15) is 13.2 Å². The number of hydrogen-bond donors (Lipinski definition) is 1. The van der Waals surface area contributed by atoms with E-state index in [9.17, 15) is 18.0 Å². The Morgan fingerprint density at radius 3 is 2.63 bits per heavy atom. The molecule has 4 nitrogen and oxygen atoms in total. The van der Waals surface area contributed by atoms with Crippen LogP contribution in [0.4, 0.5) is 19.0 Å². The summed E-state index contributed by atoms with van der Waals surface area (Å²) in [6, 6.07) is 1.17. The zero-order chi connectivity index (χ0) is 14.2. The molecule has 0 aromatic carbocycles. The third-order valence-corrected chi connectivity index (χ3v) is 2.86. The molecule has 0 saturated heterocycles. The van der Waals surface area contributed by atoms with Crippen LogP contribution in [0, 0.1) is 0 Å². The number of nitrogens with zero attached hydrogens (tertiary/aromatic N) is 1. The summed E-state index contributed by atoms with van der Waals surface area (Å²) in [5, 5.41) is 0. The molecular formula is C12H13F3N2O2. The number of rotatable bonds is 3. The van der Waals surface area contributed by atoms with E-state index in [0.29, 0.717) is 12.8 Å². The van der Waals surface area contributed by atoms with Crippen molar-refractivity contribution in [3.8, 4) is 0 Å². The van der Waals surface area contributed by atoms with Gasteiger partial charge in [0.2, 0.25) is 0 Å². The summed E-state index contributed by atoms with van der Waals surface area (Å²) in [5.41, 5.74) is 4.36. The highest BCUT2D eigenvalue weighted by Crippen LogP contribution is 2.46. The Bertz CT molecular complexity index is 510. The molecule has 0 spiro atoms. The predicted octanol–water partition coefficient (Wildman–Crippen LogP) is 2.74. The molecule has 0 atom stereocenters. The summed E-state index contributed by atoms with van der Waals surface area (Å²) < 4.78 is 43.3. The first-order valence-electron chi connectivity index (χ1n) is 5.89. The quantitative estimate of drug-likeness (QED) is 0.861. The molecule has 2 N–H and O–H groups in total. The van der Waals surface area contributed by atoms with Crippen LogP contribution in [0.1, 0.15) is 47.3 Å². The van der Waals surface area contributed by atoms with Gasteiger partial charge >= 0.3 is 12.1 Å². The van der Waals surface area contributed by atoms with E-state index in [2.05, 4.69) is 4.98 Å². The third-order valence-electron chi connectivity index (χ3n) is 2.86. The molecule has 0 radical (unpaired) electrons. The Labute approximate surface area is 107 Å². The van der Waals surface area contributed by atoms with Crippen molar-refractivity contribution in [2.75, 3.05) is 12.3 Å². The van der Waals surface area contributed by atoms with E-state index < -0.39 is 23.7 Å². The van der Waals surface area contributed by atoms with Gasteiger partial charge in [0.25, 0.3) is 0 Å². The average molecular weight is 274 g/mol. The molecule has 104 valence electrons. The topological polar surface area (TPSA) is 65.2 Å². The largest absolute Gasteiger partial charge is 0.462 e. The first-order chi connectivity index (χ1) is 8.84. The molecule has 1 aromatic heterocycles. The molecule has 1 heterocycles. The number of anilines is 1. The SMILES string of the molecule is CCOC(=O)c1cc(C2CC2)c(C(F)(F)F)nc1N. The molecule has 0 aliphatic heterocycles. The molecule has 1 aromatic rings.